The molecule has 4 heteroatoms. The lowest BCUT2D eigenvalue weighted by molar-refractivity contribution is 0.124. The summed E-state index contributed by atoms with van der Waals surface area (Å²) in [6.45, 7) is 8.64. The molecule has 1 saturated heterocycles. The molecule has 1 aliphatic rings. The van der Waals surface area contributed by atoms with Gasteiger partial charge in [-0.2, -0.15) is 0 Å². The first-order valence-electron chi connectivity index (χ1n) is 7.30. The van der Waals surface area contributed by atoms with Gasteiger partial charge in [0.15, 0.2) is 5.76 Å². The Labute approximate surface area is 120 Å². The summed E-state index contributed by atoms with van der Waals surface area (Å²) >= 11 is 0. The van der Waals surface area contributed by atoms with Gasteiger partial charge >= 0.3 is 0 Å². The van der Waals surface area contributed by atoms with Crippen LogP contribution in [0.3, 0.4) is 0 Å². The summed E-state index contributed by atoms with van der Waals surface area (Å²) in [6.07, 6.45) is 1.83. The maximum atomic E-state index is 5.86. The Kier molecular flexibility index (Phi) is 4.14. The Morgan fingerprint density at radius 1 is 1.05 bits per heavy atom. The molecule has 1 aromatic carbocycles. The first kappa shape index (κ1) is 13.3. The van der Waals surface area contributed by atoms with Crippen LogP contribution in [0, 0.1) is 0 Å². The zero-order chi connectivity index (χ0) is 13.8. The third-order valence-corrected chi connectivity index (χ3v) is 3.88. The van der Waals surface area contributed by atoms with E-state index in [4.69, 9.17) is 4.42 Å². The average molecular weight is 271 g/mol. The first-order valence-corrected chi connectivity index (χ1v) is 7.30. The number of benzene rings is 1. The Morgan fingerprint density at radius 2 is 1.75 bits per heavy atom. The Hall–Kier alpha value is -1.65. The standard InChI is InChI=1S/C16H21N3O/c1-2-18-8-10-19(11-9-18)13-16-17-12-15(20-16)14-6-4-3-5-7-14/h3-7,12H,2,8-11,13H2,1H3. The third kappa shape index (κ3) is 3.08. The smallest absolute Gasteiger partial charge is 0.209 e. The number of likely N-dealkylation sites (N-methyl/N-ethyl adjacent to an activating group) is 1. The van der Waals surface area contributed by atoms with E-state index in [1.807, 2.05) is 36.5 Å². The second-order valence-electron chi connectivity index (χ2n) is 5.19. The van der Waals surface area contributed by atoms with Gasteiger partial charge in [-0.3, -0.25) is 4.90 Å². The fraction of sp³-hybridized carbons (Fsp3) is 0.438. The summed E-state index contributed by atoms with van der Waals surface area (Å²) < 4.78 is 5.86. The van der Waals surface area contributed by atoms with Crippen molar-refractivity contribution < 1.29 is 4.42 Å². The van der Waals surface area contributed by atoms with Gasteiger partial charge in [0.2, 0.25) is 5.89 Å². The summed E-state index contributed by atoms with van der Waals surface area (Å²) in [7, 11) is 0. The number of piperazine rings is 1. The van der Waals surface area contributed by atoms with E-state index in [0.29, 0.717) is 0 Å². The summed E-state index contributed by atoms with van der Waals surface area (Å²) in [5.74, 6) is 1.67. The zero-order valence-corrected chi connectivity index (χ0v) is 12.0. The largest absolute Gasteiger partial charge is 0.439 e. The van der Waals surface area contributed by atoms with Crippen molar-refractivity contribution in [1.82, 2.24) is 14.8 Å². The van der Waals surface area contributed by atoms with Crippen LogP contribution in [0.4, 0.5) is 0 Å². The highest BCUT2D eigenvalue weighted by Crippen LogP contribution is 2.20. The summed E-state index contributed by atoms with van der Waals surface area (Å²) in [5.41, 5.74) is 1.09. The van der Waals surface area contributed by atoms with E-state index in [-0.39, 0.29) is 0 Å². The molecule has 0 unspecified atom stereocenters. The van der Waals surface area contributed by atoms with Crippen molar-refractivity contribution in [3.8, 4) is 11.3 Å². The number of rotatable bonds is 4. The molecule has 3 rings (SSSR count). The van der Waals surface area contributed by atoms with Crippen LogP contribution < -0.4 is 0 Å². The molecular formula is C16H21N3O. The lowest BCUT2D eigenvalue weighted by atomic mass is 10.2. The van der Waals surface area contributed by atoms with Gasteiger partial charge in [0.25, 0.3) is 0 Å². The Bertz CT molecular complexity index is 530. The molecule has 1 aliphatic heterocycles. The number of hydrogen-bond acceptors (Lipinski definition) is 4. The molecule has 4 nitrogen and oxygen atoms in total. The minimum atomic E-state index is 0.810. The van der Waals surface area contributed by atoms with Crippen LogP contribution in [0.5, 0.6) is 0 Å². The topological polar surface area (TPSA) is 32.5 Å². The molecule has 0 radical (unpaired) electrons. The molecule has 0 saturated carbocycles. The van der Waals surface area contributed by atoms with E-state index >= 15 is 0 Å². The lowest BCUT2D eigenvalue weighted by Gasteiger charge is -2.33. The third-order valence-electron chi connectivity index (χ3n) is 3.88. The quantitative estimate of drug-likeness (QED) is 0.855. The molecule has 0 N–H and O–H groups in total. The van der Waals surface area contributed by atoms with E-state index in [1.165, 1.54) is 0 Å². The van der Waals surface area contributed by atoms with Gasteiger partial charge in [0.05, 0.1) is 12.7 Å². The van der Waals surface area contributed by atoms with Crippen LogP contribution in [0.25, 0.3) is 11.3 Å². The maximum Gasteiger partial charge on any atom is 0.209 e. The minimum absolute atomic E-state index is 0.810. The molecule has 0 spiro atoms. The molecule has 1 fully saturated rings. The predicted octanol–water partition coefficient (Wildman–Crippen LogP) is 2.48. The van der Waals surface area contributed by atoms with Gasteiger partial charge in [-0.15, -0.1) is 0 Å². The van der Waals surface area contributed by atoms with E-state index < -0.39 is 0 Å². The van der Waals surface area contributed by atoms with Crippen molar-refractivity contribution in [3.63, 3.8) is 0 Å². The van der Waals surface area contributed by atoms with Crippen LogP contribution in [-0.4, -0.2) is 47.5 Å². The molecule has 20 heavy (non-hydrogen) atoms. The van der Waals surface area contributed by atoms with Gasteiger partial charge in [-0.25, -0.2) is 4.98 Å². The molecule has 0 amide bonds. The predicted molar refractivity (Wildman–Crippen MR) is 79.3 cm³/mol. The summed E-state index contributed by atoms with van der Waals surface area (Å²) in [5, 5.41) is 0. The number of oxazole rings is 1. The van der Waals surface area contributed by atoms with Crippen LogP contribution in [-0.2, 0) is 6.54 Å². The fourth-order valence-corrected chi connectivity index (χ4v) is 2.57. The number of hydrogen-bond donors (Lipinski definition) is 0. The summed E-state index contributed by atoms with van der Waals surface area (Å²) in [4.78, 5) is 9.29. The maximum absolute atomic E-state index is 5.86. The van der Waals surface area contributed by atoms with Crippen LogP contribution >= 0.6 is 0 Å². The van der Waals surface area contributed by atoms with Crippen LogP contribution in [0.1, 0.15) is 12.8 Å². The number of nitrogens with zero attached hydrogens (tertiary/aromatic N) is 3. The fourth-order valence-electron chi connectivity index (χ4n) is 2.57. The van der Waals surface area contributed by atoms with Crippen molar-refractivity contribution in [1.29, 1.82) is 0 Å². The van der Waals surface area contributed by atoms with E-state index in [1.54, 1.807) is 0 Å². The molecule has 106 valence electrons. The lowest BCUT2D eigenvalue weighted by Crippen LogP contribution is -2.45. The Morgan fingerprint density at radius 3 is 2.45 bits per heavy atom. The molecule has 0 bridgehead atoms. The van der Waals surface area contributed by atoms with Crippen molar-refractivity contribution >= 4 is 0 Å². The highest BCUT2D eigenvalue weighted by atomic mass is 16.4. The Balaban J connectivity index is 1.61. The van der Waals surface area contributed by atoms with Gasteiger partial charge in [-0.1, -0.05) is 37.3 Å². The highest BCUT2D eigenvalue weighted by molar-refractivity contribution is 5.55. The van der Waals surface area contributed by atoms with Gasteiger partial charge in [0.1, 0.15) is 0 Å². The minimum Gasteiger partial charge on any atom is -0.439 e. The summed E-state index contributed by atoms with van der Waals surface area (Å²) in [6, 6.07) is 10.1. The normalized spacial score (nSPS) is 17.4. The van der Waals surface area contributed by atoms with Gasteiger partial charge in [0, 0.05) is 31.7 Å². The average Bonchev–Trinajstić information content (AvgIpc) is 2.97. The second kappa shape index (κ2) is 6.20. The van der Waals surface area contributed by atoms with E-state index in [9.17, 15) is 0 Å². The first-order chi connectivity index (χ1) is 9.85. The molecule has 2 heterocycles. The molecule has 0 atom stereocenters. The monoisotopic (exact) mass is 271 g/mol. The van der Waals surface area contributed by atoms with Gasteiger partial charge in [-0.05, 0) is 6.54 Å². The second-order valence-corrected chi connectivity index (χ2v) is 5.19. The van der Waals surface area contributed by atoms with Crippen molar-refractivity contribution in [3.05, 3.63) is 42.4 Å². The molecule has 0 aliphatic carbocycles. The highest BCUT2D eigenvalue weighted by Gasteiger charge is 2.17. The molecule has 2 aromatic rings. The van der Waals surface area contributed by atoms with Crippen molar-refractivity contribution in [2.45, 2.75) is 13.5 Å². The van der Waals surface area contributed by atoms with Gasteiger partial charge < -0.3 is 9.32 Å². The molecule has 1 aromatic heterocycles. The van der Waals surface area contributed by atoms with E-state index in [0.717, 1.165) is 56.5 Å². The SMILES string of the molecule is CCN1CCN(Cc2ncc(-c3ccccc3)o2)CC1. The number of aromatic nitrogens is 1. The van der Waals surface area contributed by atoms with Crippen LogP contribution in [0.15, 0.2) is 40.9 Å². The van der Waals surface area contributed by atoms with Crippen LogP contribution in [0.2, 0.25) is 0 Å². The van der Waals surface area contributed by atoms with Crippen molar-refractivity contribution in [2.75, 3.05) is 32.7 Å². The van der Waals surface area contributed by atoms with Crippen molar-refractivity contribution in [2.24, 2.45) is 0 Å². The zero-order valence-electron chi connectivity index (χ0n) is 12.0. The molecular weight excluding hydrogens is 250 g/mol. The van der Waals surface area contributed by atoms with E-state index in [2.05, 4.69) is 21.7 Å².